The number of aromatic nitrogens is 2. The molecule has 30 heavy (non-hydrogen) atoms. The minimum absolute atomic E-state index is 0.0197. The van der Waals surface area contributed by atoms with Crippen LogP contribution in [0.3, 0.4) is 0 Å². The molecular formula is C22H24N4O3S. The molecule has 0 aliphatic carbocycles. The van der Waals surface area contributed by atoms with Crippen LogP contribution in [-0.4, -0.2) is 58.7 Å². The van der Waals surface area contributed by atoms with E-state index in [2.05, 4.69) is 15.3 Å². The Bertz CT molecular complexity index is 1040. The highest BCUT2D eigenvalue weighted by Crippen LogP contribution is 2.20. The maximum atomic E-state index is 12.5. The molecule has 1 aromatic heterocycles. The van der Waals surface area contributed by atoms with E-state index in [1.165, 1.54) is 11.8 Å². The molecule has 0 unspecified atom stereocenters. The molecule has 2 N–H and O–H groups in total. The Balaban J connectivity index is 1.25. The highest BCUT2D eigenvalue weighted by atomic mass is 32.2. The van der Waals surface area contributed by atoms with Gasteiger partial charge in [0.15, 0.2) is 5.16 Å². The number of ether oxygens (including phenoxy) is 1. The number of H-pyrrole nitrogens is 1. The van der Waals surface area contributed by atoms with E-state index in [0.717, 1.165) is 27.3 Å². The molecule has 7 nitrogen and oxygen atoms in total. The van der Waals surface area contributed by atoms with Crippen LogP contribution in [0.15, 0.2) is 47.6 Å². The van der Waals surface area contributed by atoms with Gasteiger partial charge in [0, 0.05) is 25.2 Å². The standard InChI is InChI=1S/C22H24N4O3S/c1-15-2-7-18-19(12-15)25-22(24-18)30-14-20(27)23-13-16-3-5-17(6-4-16)21(28)26-8-10-29-11-9-26/h2-7,12H,8-11,13-14H2,1H3,(H,23,27)(H,24,25). The van der Waals surface area contributed by atoms with Gasteiger partial charge in [-0.15, -0.1) is 0 Å². The summed E-state index contributed by atoms with van der Waals surface area (Å²) in [7, 11) is 0. The number of thioether (sulfide) groups is 1. The third kappa shape index (κ3) is 5.01. The van der Waals surface area contributed by atoms with E-state index < -0.39 is 0 Å². The molecule has 2 amide bonds. The Labute approximate surface area is 179 Å². The molecule has 156 valence electrons. The van der Waals surface area contributed by atoms with Gasteiger partial charge in [0.1, 0.15) is 0 Å². The van der Waals surface area contributed by atoms with Crippen LogP contribution in [0.2, 0.25) is 0 Å². The Hall–Kier alpha value is -2.84. The molecule has 4 rings (SSSR count). The average molecular weight is 425 g/mol. The van der Waals surface area contributed by atoms with E-state index in [-0.39, 0.29) is 17.6 Å². The Morgan fingerprint density at radius 1 is 1.17 bits per heavy atom. The fourth-order valence-electron chi connectivity index (χ4n) is 3.27. The number of morpholine rings is 1. The minimum atomic E-state index is -0.0647. The number of nitrogens with one attached hydrogen (secondary N) is 2. The van der Waals surface area contributed by atoms with Gasteiger partial charge in [0.25, 0.3) is 5.91 Å². The number of nitrogens with zero attached hydrogens (tertiary/aromatic N) is 2. The summed E-state index contributed by atoms with van der Waals surface area (Å²) < 4.78 is 5.29. The van der Waals surface area contributed by atoms with E-state index in [1.54, 1.807) is 4.90 Å². The Morgan fingerprint density at radius 2 is 1.93 bits per heavy atom. The molecule has 0 atom stereocenters. The lowest BCUT2D eigenvalue weighted by molar-refractivity contribution is -0.118. The lowest BCUT2D eigenvalue weighted by atomic mass is 10.1. The molecule has 1 aliphatic heterocycles. The topological polar surface area (TPSA) is 87.3 Å². The summed E-state index contributed by atoms with van der Waals surface area (Å²) in [6, 6.07) is 13.4. The number of aromatic amines is 1. The molecule has 0 bridgehead atoms. The van der Waals surface area contributed by atoms with Crippen molar-refractivity contribution in [3.8, 4) is 0 Å². The van der Waals surface area contributed by atoms with Crippen LogP contribution in [-0.2, 0) is 16.1 Å². The third-order valence-electron chi connectivity index (χ3n) is 4.94. The molecule has 1 fully saturated rings. The van der Waals surface area contributed by atoms with Gasteiger partial charge in [0.2, 0.25) is 5.91 Å². The second kappa shape index (κ2) is 9.32. The first-order valence-corrected chi connectivity index (χ1v) is 10.9. The zero-order valence-corrected chi connectivity index (χ0v) is 17.6. The zero-order valence-electron chi connectivity index (χ0n) is 16.8. The molecule has 1 aliphatic rings. The van der Waals surface area contributed by atoms with E-state index in [9.17, 15) is 9.59 Å². The first-order valence-electron chi connectivity index (χ1n) is 9.90. The molecule has 0 radical (unpaired) electrons. The van der Waals surface area contributed by atoms with Crippen molar-refractivity contribution in [3.63, 3.8) is 0 Å². The van der Waals surface area contributed by atoms with E-state index >= 15 is 0 Å². The van der Waals surface area contributed by atoms with Crippen LogP contribution in [0.4, 0.5) is 0 Å². The van der Waals surface area contributed by atoms with Crippen molar-refractivity contribution < 1.29 is 14.3 Å². The fourth-order valence-corrected chi connectivity index (χ4v) is 3.98. The zero-order chi connectivity index (χ0) is 20.9. The summed E-state index contributed by atoms with van der Waals surface area (Å²) >= 11 is 1.38. The van der Waals surface area contributed by atoms with Gasteiger partial charge >= 0.3 is 0 Å². The summed E-state index contributed by atoms with van der Waals surface area (Å²) in [6.07, 6.45) is 0. The van der Waals surface area contributed by atoms with E-state index in [0.29, 0.717) is 38.4 Å². The number of carbonyl (C=O) groups excluding carboxylic acids is 2. The number of imidazole rings is 1. The van der Waals surface area contributed by atoms with Crippen molar-refractivity contribution in [2.24, 2.45) is 0 Å². The quantitative estimate of drug-likeness (QED) is 0.594. The van der Waals surface area contributed by atoms with Crippen LogP contribution in [0, 0.1) is 6.92 Å². The first-order chi connectivity index (χ1) is 14.6. The summed E-state index contributed by atoms with van der Waals surface area (Å²) in [5.74, 6) is 0.239. The molecule has 0 spiro atoms. The maximum Gasteiger partial charge on any atom is 0.254 e. The van der Waals surface area contributed by atoms with Crippen LogP contribution in [0.25, 0.3) is 11.0 Å². The van der Waals surface area contributed by atoms with Crippen LogP contribution >= 0.6 is 11.8 Å². The molecule has 3 aromatic rings. The Kier molecular flexibility index (Phi) is 6.35. The summed E-state index contributed by atoms with van der Waals surface area (Å²) in [5, 5.41) is 3.64. The average Bonchev–Trinajstić information content (AvgIpc) is 3.19. The van der Waals surface area contributed by atoms with Gasteiger partial charge in [-0.3, -0.25) is 9.59 Å². The molecule has 0 saturated carbocycles. The van der Waals surface area contributed by atoms with E-state index in [4.69, 9.17) is 4.74 Å². The van der Waals surface area contributed by atoms with Gasteiger partial charge < -0.3 is 19.9 Å². The van der Waals surface area contributed by atoms with Crippen molar-refractivity contribution in [2.45, 2.75) is 18.6 Å². The second-order valence-electron chi connectivity index (χ2n) is 7.23. The van der Waals surface area contributed by atoms with Crippen molar-refractivity contribution in [1.29, 1.82) is 0 Å². The van der Waals surface area contributed by atoms with Crippen molar-refractivity contribution in [1.82, 2.24) is 20.2 Å². The fraction of sp³-hybridized carbons (Fsp3) is 0.318. The summed E-state index contributed by atoms with van der Waals surface area (Å²) in [5.41, 5.74) is 4.65. The minimum Gasteiger partial charge on any atom is -0.378 e. The number of fused-ring (bicyclic) bond motifs is 1. The highest BCUT2D eigenvalue weighted by molar-refractivity contribution is 7.99. The Morgan fingerprint density at radius 3 is 2.70 bits per heavy atom. The van der Waals surface area contributed by atoms with Gasteiger partial charge in [-0.25, -0.2) is 4.98 Å². The highest BCUT2D eigenvalue weighted by Gasteiger charge is 2.18. The summed E-state index contributed by atoms with van der Waals surface area (Å²) in [6.45, 7) is 4.87. The number of rotatable bonds is 6. The number of hydrogen-bond donors (Lipinski definition) is 2. The first kappa shape index (κ1) is 20.4. The number of hydrogen-bond acceptors (Lipinski definition) is 5. The lowest BCUT2D eigenvalue weighted by Crippen LogP contribution is -2.40. The third-order valence-corrected chi connectivity index (χ3v) is 5.82. The van der Waals surface area contributed by atoms with E-state index in [1.807, 2.05) is 49.4 Å². The van der Waals surface area contributed by atoms with Crippen LogP contribution < -0.4 is 5.32 Å². The predicted molar refractivity (Wildman–Crippen MR) is 117 cm³/mol. The lowest BCUT2D eigenvalue weighted by Gasteiger charge is -2.26. The molecule has 1 saturated heterocycles. The molecule has 2 heterocycles. The van der Waals surface area contributed by atoms with Crippen LogP contribution in [0.5, 0.6) is 0 Å². The monoisotopic (exact) mass is 424 g/mol. The number of amides is 2. The van der Waals surface area contributed by atoms with Crippen LogP contribution in [0.1, 0.15) is 21.5 Å². The number of benzene rings is 2. The van der Waals surface area contributed by atoms with Crippen molar-refractivity contribution in [2.75, 3.05) is 32.1 Å². The number of carbonyl (C=O) groups is 2. The number of aryl methyl sites for hydroxylation is 1. The largest absolute Gasteiger partial charge is 0.378 e. The summed E-state index contributed by atoms with van der Waals surface area (Å²) in [4.78, 5) is 34.2. The van der Waals surface area contributed by atoms with Gasteiger partial charge in [0.05, 0.1) is 30.0 Å². The van der Waals surface area contributed by atoms with Gasteiger partial charge in [-0.05, 0) is 42.3 Å². The molecule has 2 aromatic carbocycles. The second-order valence-corrected chi connectivity index (χ2v) is 8.19. The van der Waals surface area contributed by atoms with Crippen molar-refractivity contribution in [3.05, 3.63) is 59.2 Å². The smallest absolute Gasteiger partial charge is 0.254 e. The van der Waals surface area contributed by atoms with Gasteiger partial charge in [-0.2, -0.15) is 0 Å². The SMILES string of the molecule is Cc1ccc2nc(SCC(=O)NCc3ccc(C(=O)N4CCOCC4)cc3)[nH]c2c1. The predicted octanol–water partition coefficient (Wildman–Crippen LogP) is 2.75. The van der Waals surface area contributed by atoms with Gasteiger partial charge in [-0.1, -0.05) is 30.0 Å². The normalized spacial score (nSPS) is 14.1. The molecular weight excluding hydrogens is 400 g/mol. The molecule has 8 heteroatoms. The maximum absolute atomic E-state index is 12.5. The van der Waals surface area contributed by atoms with Crippen molar-refractivity contribution >= 4 is 34.6 Å².